The van der Waals surface area contributed by atoms with Gasteiger partial charge in [-0.15, -0.1) is 11.6 Å². The van der Waals surface area contributed by atoms with Crippen LogP contribution in [0.4, 0.5) is 0 Å². The number of alkyl halides is 1. The van der Waals surface area contributed by atoms with Crippen molar-refractivity contribution in [2.24, 2.45) is 0 Å². The predicted molar refractivity (Wildman–Crippen MR) is 116 cm³/mol. The smallest absolute Gasteiger partial charge is 0.0723 e. The molecule has 3 aromatic carbocycles. The lowest BCUT2D eigenvalue weighted by molar-refractivity contribution is 0.780. The quantitative estimate of drug-likeness (QED) is 0.333. The molecule has 0 radical (unpaired) electrons. The van der Waals surface area contributed by atoms with E-state index < -0.39 is 0 Å². The maximum atomic E-state index is 6.87. The molecule has 3 aliphatic rings. The summed E-state index contributed by atoms with van der Waals surface area (Å²) in [5, 5.41) is 0.0221. The van der Waals surface area contributed by atoms with Crippen LogP contribution >= 0.6 is 27.5 Å². The van der Waals surface area contributed by atoms with Crippen LogP contribution in [0.5, 0.6) is 0 Å². The summed E-state index contributed by atoms with van der Waals surface area (Å²) in [6, 6.07) is 24.2. The summed E-state index contributed by atoms with van der Waals surface area (Å²) in [6.07, 6.45) is 5.45. The van der Waals surface area contributed by atoms with E-state index >= 15 is 0 Å². The van der Waals surface area contributed by atoms with Crippen LogP contribution in [0, 0.1) is 0 Å². The zero-order valence-corrected chi connectivity index (χ0v) is 16.9. The molecular weight excluding hydrogens is 416 g/mol. The van der Waals surface area contributed by atoms with Gasteiger partial charge in [-0.1, -0.05) is 88.7 Å². The Morgan fingerprint density at radius 3 is 2.30 bits per heavy atom. The normalized spacial score (nSPS) is 24.0. The molecular formula is C25H16BrCl. The lowest BCUT2D eigenvalue weighted by Crippen LogP contribution is -2.27. The fourth-order valence-corrected chi connectivity index (χ4v) is 6.29. The molecule has 2 unspecified atom stereocenters. The van der Waals surface area contributed by atoms with E-state index in [-0.39, 0.29) is 10.8 Å². The van der Waals surface area contributed by atoms with E-state index in [2.05, 4.69) is 94.8 Å². The second-order valence-electron chi connectivity index (χ2n) is 7.44. The molecule has 0 aliphatic heterocycles. The topological polar surface area (TPSA) is 0 Å². The minimum atomic E-state index is -0.272. The van der Waals surface area contributed by atoms with E-state index in [9.17, 15) is 0 Å². The van der Waals surface area contributed by atoms with Gasteiger partial charge in [0.1, 0.15) is 0 Å². The van der Waals surface area contributed by atoms with Gasteiger partial charge in [0.2, 0.25) is 0 Å². The Morgan fingerprint density at radius 1 is 0.815 bits per heavy atom. The highest BCUT2D eigenvalue weighted by Crippen LogP contribution is 2.64. The van der Waals surface area contributed by atoms with Crippen LogP contribution in [-0.4, -0.2) is 5.38 Å². The average molecular weight is 432 g/mol. The van der Waals surface area contributed by atoms with Crippen molar-refractivity contribution in [3.8, 4) is 11.1 Å². The number of fused-ring (bicyclic) bond motifs is 9. The molecule has 0 bridgehead atoms. The summed E-state index contributed by atoms with van der Waals surface area (Å²) in [6.45, 7) is 0. The number of halogens is 2. The molecule has 0 heterocycles. The van der Waals surface area contributed by atoms with Crippen LogP contribution in [-0.2, 0) is 5.41 Å². The van der Waals surface area contributed by atoms with E-state index in [1.807, 2.05) is 0 Å². The molecule has 0 N–H and O–H groups in total. The Hall–Kier alpha value is -2.09. The Kier molecular flexibility index (Phi) is 3.22. The number of allylic oxidation sites excluding steroid dienone is 4. The lowest BCUT2D eigenvalue weighted by Gasteiger charge is -2.32. The average Bonchev–Trinajstić information content (AvgIpc) is 3.17. The van der Waals surface area contributed by atoms with Crippen LogP contribution in [0.1, 0.15) is 28.7 Å². The lowest BCUT2D eigenvalue weighted by atomic mass is 9.69. The standard InChI is InChI=1S/C25H16BrCl/c26-21-13-5-11-19-23(21)15-7-1-3-9-17(15)25(19)18-10-4-2-8-16(18)24-20(25)12-6-14-22(24)27/h1-13,22H,14H2. The van der Waals surface area contributed by atoms with Crippen molar-refractivity contribution in [1.82, 2.24) is 0 Å². The Bertz CT molecular complexity index is 1190. The van der Waals surface area contributed by atoms with Crippen molar-refractivity contribution in [2.75, 3.05) is 0 Å². The van der Waals surface area contributed by atoms with Gasteiger partial charge in [-0.25, -0.2) is 0 Å². The van der Waals surface area contributed by atoms with Gasteiger partial charge in [0.05, 0.1) is 10.8 Å². The van der Waals surface area contributed by atoms with Crippen molar-refractivity contribution in [2.45, 2.75) is 17.2 Å². The molecule has 2 heteroatoms. The van der Waals surface area contributed by atoms with Gasteiger partial charge >= 0.3 is 0 Å². The first-order valence-corrected chi connectivity index (χ1v) is 10.5. The molecule has 27 heavy (non-hydrogen) atoms. The summed E-state index contributed by atoms with van der Waals surface area (Å²) in [5.74, 6) is 0. The third-order valence-corrected chi connectivity index (χ3v) is 7.33. The van der Waals surface area contributed by atoms with Gasteiger partial charge in [0.15, 0.2) is 0 Å². The molecule has 0 aromatic heterocycles. The summed E-state index contributed by atoms with van der Waals surface area (Å²) in [5.41, 5.74) is 10.4. The van der Waals surface area contributed by atoms with E-state index in [1.54, 1.807) is 0 Å². The highest BCUT2D eigenvalue weighted by Gasteiger charge is 2.53. The Morgan fingerprint density at radius 2 is 1.48 bits per heavy atom. The zero-order valence-electron chi connectivity index (χ0n) is 14.5. The number of hydrogen-bond donors (Lipinski definition) is 0. The molecule has 3 aromatic rings. The largest absolute Gasteiger partial charge is 0.117 e. The third-order valence-electron chi connectivity index (χ3n) is 6.27. The van der Waals surface area contributed by atoms with Crippen LogP contribution in [0.15, 0.2) is 88.9 Å². The predicted octanol–water partition coefficient (Wildman–Crippen LogP) is 7.10. The van der Waals surface area contributed by atoms with Crippen molar-refractivity contribution in [3.05, 3.63) is 111 Å². The second kappa shape index (κ2) is 5.47. The van der Waals surface area contributed by atoms with E-state index in [0.29, 0.717) is 0 Å². The SMILES string of the molecule is ClC1CC=CC2=C1c1ccccc1C21c2ccccc2-c2c(Br)cccc21. The molecule has 0 fully saturated rings. The number of rotatable bonds is 0. The summed E-state index contributed by atoms with van der Waals surface area (Å²) < 4.78 is 1.15. The summed E-state index contributed by atoms with van der Waals surface area (Å²) in [7, 11) is 0. The van der Waals surface area contributed by atoms with Gasteiger partial charge in [0.25, 0.3) is 0 Å². The number of benzene rings is 3. The highest BCUT2D eigenvalue weighted by atomic mass is 79.9. The third kappa shape index (κ3) is 1.80. The Labute approximate surface area is 172 Å². The van der Waals surface area contributed by atoms with E-state index in [1.165, 1.54) is 44.5 Å². The molecule has 1 spiro atoms. The fraction of sp³-hybridized carbons (Fsp3) is 0.120. The maximum Gasteiger partial charge on any atom is 0.0723 e. The molecule has 0 amide bonds. The van der Waals surface area contributed by atoms with Gasteiger partial charge in [0, 0.05) is 10.0 Å². The fourth-order valence-electron chi connectivity index (χ4n) is 5.38. The van der Waals surface area contributed by atoms with Crippen molar-refractivity contribution in [3.63, 3.8) is 0 Å². The van der Waals surface area contributed by atoms with Crippen molar-refractivity contribution in [1.29, 1.82) is 0 Å². The van der Waals surface area contributed by atoms with Crippen LogP contribution < -0.4 is 0 Å². The van der Waals surface area contributed by atoms with Crippen LogP contribution in [0.2, 0.25) is 0 Å². The maximum absolute atomic E-state index is 6.87. The van der Waals surface area contributed by atoms with Gasteiger partial charge in [-0.3, -0.25) is 0 Å². The minimum absolute atomic E-state index is 0.0221. The first-order chi connectivity index (χ1) is 13.2. The molecule has 2 atom stereocenters. The van der Waals surface area contributed by atoms with Crippen LogP contribution in [0.3, 0.4) is 0 Å². The molecule has 0 saturated heterocycles. The van der Waals surface area contributed by atoms with E-state index in [4.69, 9.17) is 11.6 Å². The van der Waals surface area contributed by atoms with Crippen molar-refractivity contribution >= 4 is 33.1 Å². The van der Waals surface area contributed by atoms with Gasteiger partial charge < -0.3 is 0 Å². The van der Waals surface area contributed by atoms with Crippen LogP contribution in [0.25, 0.3) is 16.7 Å². The van der Waals surface area contributed by atoms with E-state index in [0.717, 1.165) is 10.9 Å². The van der Waals surface area contributed by atoms with Gasteiger partial charge in [-0.2, -0.15) is 0 Å². The first-order valence-electron chi connectivity index (χ1n) is 9.28. The molecule has 130 valence electrons. The molecule has 6 rings (SSSR count). The Balaban J connectivity index is 1.85. The van der Waals surface area contributed by atoms with Gasteiger partial charge in [-0.05, 0) is 51.5 Å². The zero-order chi connectivity index (χ0) is 18.2. The number of hydrogen-bond acceptors (Lipinski definition) is 0. The molecule has 0 nitrogen and oxygen atoms in total. The highest BCUT2D eigenvalue weighted by molar-refractivity contribution is 9.10. The summed E-state index contributed by atoms with van der Waals surface area (Å²) in [4.78, 5) is 0. The van der Waals surface area contributed by atoms with Crippen molar-refractivity contribution < 1.29 is 0 Å². The minimum Gasteiger partial charge on any atom is -0.117 e. The monoisotopic (exact) mass is 430 g/mol. The molecule has 3 aliphatic carbocycles. The second-order valence-corrected chi connectivity index (χ2v) is 8.82. The molecule has 0 saturated carbocycles. The summed E-state index contributed by atoms with van der Waals surface area (Å²) >= 11 is 10.7. The first kappa shape index (κ1) is 15.9.